The second-order valence-corrected chi connectivity index (χ2v) is 9.98. The first-order chi connectivity index (χ1) is 15.3. The number of halogens is 1. The minimum Gasteiger partial charge on any atom is -0.368 e. The lowest BCUT2D eigenvalue weighted by molar-refractivity contribution is -0.136. The highest BCUT2D eigenvalue weighted by atomic mass is 32.2. The number of hydrogen-bond acceptors (Lipinski definition) is 5. The van der Waals surface area contributed by atoms with Crippen LogP contribution in [0.25, 0.3) is 0 Å². The molecule has 8 nitrogen and oxygen atoms in total. The lowest BCUT2D eigenvalue weighted by Crippen LogP contribution is -2.55. The quantitative estimate of drug-likeness (QED) is 0.703. The van der Waals surface area contributed by atoms with Gasteiger partial charge in [-0.2, -0.15) is 4.31 Å². The molecule has 1 saturated heterocycles. The Bertz CT molecular complexity index is 1130. The number of carbonyl (C=O) groups is 2. The van der Waals surface area contributed by atoms with Crippen molar-refractivity contribution >= 4 is 21.8 Å². The Hall–Kier alpha value is -2.82. The van der Waals surface area contributed by atoms with Crippen LogP contribution in [-0.4, -0.2) is 73.1 Å². The SMILES string of the molecule is NC(=O)C1Cc2ccccc2CN1CC(=O)N1CCN(S(=O)(=O)c2cccc(F)c2)CC1. The van der Waals surface area contributed by atoms with E-state index in [1.54, 1.807) is 9.80 Å². The summed E-state index contributed by atoms with van der Waals surface area (Å²) in [4.78, 5) is 28.2. The van der Waals surface area contributed by atoms with E-state index in [2.05, 4.69) is 0 Å². The molecule has 2 aliphatic heterocycles. The molecule has 0 aliphatic carbocycles. The van der Waals surface area contributed by atoms with E-state index in [0.29, 0.717) is 13.0 Å². The Labute approximate surface area is 186 Å². The van der Waals surface area contributed by atoms with Gasteiger partial charge in [0, 0.05) is 32.7 Å². The molecule has 2 heterocycles. The Morgan fingerprint density at radius 3 is 2.34 bits per heavy atom. The zero-order chi connectivity index (χ0) is 22.9. The van der Waals surface area contributed by atoms with Gasteiger partial charge in [-0.05, 0) is 35.7 Å². The first-order valence-electron chi connectivity index (χ1n) is 10.4. The van der Waals surface area contributed by atoms with Crippen molar-refractivity contribution in [2.75, 3.05) is 32.7 Å². The van der Waals surface area contributed by atoms with Gasteiger partial charge in [-0.15, -0.1) is 0 Å². The molecule has 0 radical (unpaired) electrons. The highest BCUT2D eigenvalue weighted by molar-refractivity contribution is 7.89. The van der Waals surface area contributed by atoms with Crippen molar-refractivity contribution in [1.82, 2.24) is 14.1 Å². The molecule has 10 heteroatoms. The smallest absolute Gasteiger partial charge is 0.243 e. The van der Waals surface area contributed by atoms with Crippen molar-refractivity contribution in [2.45, 2.75) is 23.9 Å². The van der Waals surface area contributed by atoms with Crippen LogP contribution in [0, 0.1) is 5.82 Å². The van der Waals surface area contributed by atoms with Crippen LogP contribution in [-0.2, 0) is 32.6 Å². The minimum atomic E-state index is -3.83. The van der Waals surface area contributed by atoms with E-state index < -0.39 is 27.8 Å². The van der Waals surface area contributed by atoms with Gasteiger partial charge in [0.15, 0.2) is 0 Å². The van der Waals surface area contributed by atoms with Crippen molar-refractivity contribution < 1.29 is 22.4 Å². The third-order valence-electron chi connectivity index (χ3n) is 6.04. The molecule has 170 valence electrons. The molecule has 2 aromatic carbocycles. The molecule has 0 saturated carbocycles. The highest BCUT2D eigenvalue weighted by Gasteiger charge is 2.34. The number of fused-ring (bicyclic) bond motifs is 1. The monoisotopic (exact) mass is 460 g/mol. The number of benzene rings is 2. The number of nitrogens with two attached hydrogens (primary N) is 1. The van der Waals surface area contributed by atoms with Gasteiger partial charge >= 0.3 is 0 Å². The van der Waals surface area contributed by atoms with Gasteiger partial charge in [0.2, 0.25) is 21.8 Å². The normalized spacial score (nSPS) is 20.0. The summed E-state index contributed by atoms with van der Waals surface area (Å²) >= 11 is 0. The molecule has 0 aromatic heterocycles. The van der Waals surface area contributed by atoms with Crippen LogP contribution in [0.5, 0.6) is 0 Å². The van der Waals surface area contributed by atoms with Gasteiger partial charge in [0.1, 0.15) is 5.82 Å². The van der Waals surface area contributed by atoms with E-state index in [1.807, 2.05) is 24.3 Å². The van der Waals surface area contributed by atoms with Crippen molar-refractivity contribution in [2.24, 2.45) is 5.73 Å². The van der Waals surface area contributed by atoms with Crippen LogP contribution in [0.3, 0.4) is 0 Å². The standard InChI is InChI=1S/C22H25FN4O4S/c23-18-6-3-7-19(13-18)32(30,31)27-10-8-25(9-11-27)21(28)15-26-14-17-5-2-1-4-16(17)12-20(26)22(24)29/h1-7,13,20H,8-12,14-15H2,(H2,24,29). The predicted octanol–water partition coefficient (Wildman–Crippen LogP) is 0.571. The second-order valence-electron chi connectivity index (χ2n) is 8.04. The van der Waals surface area contributed by atoms with E-state index in [4.69, 9.17) is 5.73 Å². The summed E-state index contributed by atoms with van der Waals surface area (Å²) in [7, 11) is -3.83. The molecule has 1 fully saturated rings. The molecule has 1 atom stereocenters. The van der Waals surface area contributed by atoms with E-state index >= 15 is 0 Å². The summed E-state index contributed by atoms with van der Waals surface area (Å²) in [5.74, 6) is -1.27. The second kappa shape index (κ2) is 8.97. The van der Waals surface area contributed by atoms with E-state index in [1.165, 1.54) is 22.5 Å². The zero-order valence-electron chi connectivity index (χ0n) is 17.5. The third kappa shape index (κ3) is 4.52. The maximum Gasteiger partial charge on any atom is 0.243 e. The third-order valence-corrected chi connectivity index (χ3v) is 7.93. The number of nitrogens with zero attached hydrogens (tertiary/aromatic N) is 3. The van der Waals surface area contributed by atoms with E-state index in [0.717, 1.165) is 17.2 Å². The van der Waals surface area contributed by atoms with Crippen LogP contribution >= 0.6 is 0 Å². The summed E-state index contributed by atoms with van der Waals surface area (Å²) in [6, 6.07) is 12.1. The van der Waals surface area contributed by atoms with Crippen molar-refractivity contribution in [3.63, 3.8) is 0 Å². The van der Waals surface area contributed by atoms with Gasteiger partial charge < -0.3 is 10.6 Å². The molecule has 4 rings (SSSR count). The lowest BCUT2D eigenvalue weighted by atomic mass is 9.93. The summed E-state index contributed by atoms with van der Waals surface area (Å²) in [6.45, 7) is 1.15. The molecule has 0 bridgehead atoms. The van der Waals surface area contributed by atoms with Crippen LogP contribution < -0.4 is 5.73 Å². The van der Waals surface area contributed by atoms with Gasteiger partial charge in [0.25, 0.3) is 0 Å². The van der Waals surface area contributed by atoms with Crippen LogP contribution in [0.15, 0.2) is 53.4 Å². The van der Waals surface area contributed by atoms with Crippen molar-refractivity contribution in [3.8, 4) is 0 Å². The molecule has 2 amide bonds. The van der Waals surface area contributed by atoms with E-state index in [9.17, 15) is 22.4 Å². The maximum atomic E-state index is 13.5. The molecule has 2 N–H and O–H groups in total. The van der Waals surface area contributed by atoms with Crippen molar-refractivity contribution in [1.29, 1.82) is 0 Å². The summed E-state index contributed by atoms with van der Waals surface area (Å²) in [5, 5.41) is 0. The molecule has 1 unspecified atom stereocenters. The highest BCUT2D eigenvalue weighted by Crippen LogP contribution is 2.24. The fourth-order valence-electron chi connectivity index (χ4n) is 4.25. The first-order valence-corrected chi connectivity index (χ1v) is 11.8. The average molecular weight is 461 g/mol. The topological polar surface area (TPSA) is 104 Å². The molecule has 32 heavy (non-hydrogen) atoms. The first kappa shape index (κ1) is 22.4. The average Bonchev–Trinajstić information content (AvgIpc) is 2.78. The zero-order valence-corrected chi connectivity index (χ0v) is 18.3. The van der Waals surface area contributed by atoms with Gasteiger partial charge in [0.05, 0.1) is 17.5 Å². The predicted molar refractivity (Wildman–Crippen MR) is 115 cm³/mol. The number of amides is 2. The summed E-state index contributed by atoms with van der Waals surface area (Å²) < 4.78 is 40.2. The number of rotatable bonds is 5. The van der Waals surface area contributed by atoms with Crippen molar-refractivity contribution in [3.05, 3.63) is 65.5 Å². The molecule has 0 spiro atoms. The van der Waals surface area contributed by atoms with Gasteiger partial charge in [-0.1, -0.05) is 30.3 Å². The summed E-state index contributed by atoms with van der Waals surface area (Å²) in [5.41, 5.74) is 7.71. The Morgan fingerprint density at radius 2 is 1.69 bits per heavy atom. The fraction of sp³-hybridized carbons (Fsp3) is 0.364. The summed E-state index contributed by atoms with van der Waals surface area (Å²) in [6.07, 6.45) is 0.457. The fourth-order valence-corrected chi connectivity index (χ4v) is 5.71. The van der Waals surface area contributed by atoms with Gasteiger partial charge in [-0.3, -0.25) is 14.5 Å². The molecular formula is C22H25FN4O4S. The number of piperazine rings is 1. The number of primary amides is 1. The number of carbonyl (C=O) groups excluding carboxylic acids is 2. The lowest BCUT2D eigenvalue weighted by Gasteiger charge is -2.38. The van der Waals surface area contributed by atoms with Gasteiger partial charge in [-0.25, -0.2) is 12.8 Å². The Kier molecular flexibility index (Phi) is 6.27. The number of sulfonamides is 1. The van der Waals surface area contributed by atoms with Crippen LogP contribution in [0.2, 0.25) is 0 Å². The van der Waals surface area contributed by atoms with Crippen LogP contribution in [0.4, 0.5) is 4.39 Å². The largest absolute Gasteiger partial charge is 0.368 e. The maximum absolute atomic E-state index is 13.5. The van der Waals surface area contributed by atoms with E-state index in [-0.39, 0.29) is 43.5 Å². The minimum absolute atomic E-state index is 0.0264. The Balaban J connectivity index is 1.40. The molecule has 2 aromatic rings. The molecular weight excluding hydrogens is 435 g/mol. The Morgan fingerprint density at radius 1 is 1.00 bits per heavy atom. The molecule has 2 aliphatic rings. The number of hydrogen-bond donors (Lipinski definition) is 1. The van der Waals surface area contributed by atoms with Crippen LogP contribution in [0.1, 0.15) is 11.1 Å².